The maximum absolute atomic E-state index is 11.5. The summed E-state index contributed by atoms with van der Waals surface area (Å²) in [4.78, 5) is 0. The van der Waals surface area contributed by atoms with E-state index >= 15 is 0 Å². The van der Waals surface area contributed by atoms with Gasteiger partial charge in [0.05, 0.1) is 11.9 Å². The minimum absolute atomic E-state index is 0.502. The molecule has 1 aliphatic rings. The van der Waals surface area contributed by atoms with Crippen molar-refractivity contribution in [3.05, 3.63) is 53.6 Å². The molecular formula is C16H17NO3S. The third kappa shape index (κ3) is 3.36. The van der Waals surface area contributed by atoms with Crippen LogP contribution in [0, 0.1) is 0 Å². The first-order valence-corrected chi connectivity index (χ1v) is 8.77. The van der Waals surface area contributed by atoms with Gasteiger partial charge in [0.2, 0.25) is 10.0 Å². The molecule has 0 unspecified atom stereocenters. The van der Waals surface area contributed by atoms with E-state index in [9.17, 15) is 8.42 Å². The van der Waals surface area contributed by atoms with Gasteiger partial charge in [0.15, 0.2) is 5.75 Å². The lowest BCUT2D eigenvalue weighted by molar-refractivity contribution is 0.484. The Hall–Kier alpha value is -2.01. The zero-order valence-electron chi connectivity index (χ0n) is 11.8. The molecule has 2 aromatic carbocycles. The van der Waals surface area contributed by atoms with E-state index in [0.717, 1.165) is 25.5 Å². The van der Waals surface area contributed by atoms with Gasteiger partial charge in [-0.25, -0.2) is 8.42 Å². The molecule has 0 radical (unpaired) electrons. The summed E-state index contributed by atoms with van der Waals surface area (Å²) >= 11 is 0. The highest BCUT2D eigenvalue weighted by molar-refractivity contribution is 7.92. The molecule has 0 atom stereocenters. The zero-order chi connectivity index (χ0) is 14.9. The Kier molecular flexibility index (Phi) is 3.59. The molecule has 1 N–H and O–H groups in total. The summed E-state index contributed by atoms with van der Waals surface area (Å²) < 4.78 is 31.5. The summed E-state index contributed by atoms with van der Waals surface area (Å²) in [7, 11) is -3.34. The minimum atomic E-state index is -3.34. The van der Waals surface area contributed by atoms with Crippen LogP contribution in [0.4, 0.5) is 5.69 Å². The maximum Gasteiger partial charge on any atom is 0.229 e. The lowest BCUT2D eigenvalue weighted by Gasteiger charge is -2.14. The number of aryl methyl sites for hydroxylation is 2. The highest BCUT2D eigenvalue weighted by atomic mass is 32.2. The smallest absolute Gasteiger partial charge is 0.229 e. The van der Waals surface area contributed by atoms with Gasteiger partial charge in [-0.1, -0.05) is 18.2 Å². The van der Waals surface area contributed by atoms with Crippen LogP contribution in [-0.4, -0.2) is 14.7 Å². The molecule has 0 spiro atoms. The number of rotatable bonds is 4. The Morgan fingerprint density at radius 1 is 1.05 bits per heavy atom. The number of benzene rings is 2. The molecule has 3 rings (SSSR count). The number of ether oxygens (including phenoxy) is 1. The standard InChI is InChI=1S/C16H17NO3S/c1-21(18,19)17-15-10-12-6-5-7-13(12)11-16(15)20-14-8-3-2-4-9-14/h2-4,8-11,17H,5-7H2,1H3. The van der Waals surface area contributed by atoms with Crippen molar-refractivity contribution in [2.24, 2.45) is 0 Å². The van der Waals surface area contributed by atoms with Crippen LogP contribution < -0.4 is 9.46 Å². The fraction of sp³-hybridized carbons (Fsp3) is 0.250. The van der Waals surface area contributed by atoms with Gasteiger partial charge in [0.1, 0.15) is 5.75 Å². The summed E-state index contributed by atoms with van der Waals surface area (Å²) in [5.74, 6) is 1.24. The predicted molar refractivity (Wildman–Crippen MR) is 83.4 cm³/mol. The molecule has 2 aromatic rings. The number of sulfonamides is 1. The second-order valence-electron chi connectivity index (χ2n) is 5.26. The Labute approximate surface area is 124 Å². The van der Waals surface area contributed by atoms with Gasteiger partial charge < -0.3 is 4.74 Å². The van der Waals surface area contributed by atoms with Gasteiger partial charge in [0.25, 0.3) is 0 Å². The van der Waals surface area contributed by atoms with E-state index in [1.54, 1.807) is 0 Å². The molecule has 0 bridgehead atoms. The molecule has 0 aliphatic heterocycles. The van der Waals surface area contributed by atoms with Gasteiger partial charge in [-0.3, -0.25) is 4.72 Å². The Morgan fingerprint density at radius 2 is 1.71 bits per heavy atom. The van der Waals surface area contributed by atoms with Crippen LogP contribution in [0.1, 0.15) is 17.5 Å². The number of para-hydroxylation sites is 1. The fourth-order valence-corrected chi connectivity index (χ4v) is 3.14. The third-order valence-electron chi connectivity index (χ3n) is 3.46. The molecule has 0 fully saturated rings. The Balaban J connectivity index is 2.00. The topological polar surface area (TPSA) is 55.4 Å². The van der Waals surface area contributed by atoms with Crippen molar-refractivity contribution >= 4 is 15.7 Å². The molecular weight excluding hydrogens is 286 g/mol. The zero-order valence-corrected chi connectivity index (χ0v) is 12.6. The molecule has 4 nitrogen and oxygen atoms in total. The summed E-state index contributed by atoms with van der Waals surface area (Å²) in [5.41, 5.74) is 2.93. The van der Waals surface area contributed by atoms with Crippen LogP contribution >= 0.6 is 0 Å². The van der Waals surface area contributed by atoms with E-state index in [1.807, 2.05) is 42.5 Å². The molecule has 0 heterocycles. The summed E-state index contributed by atoms with van der Waals surface area (Å²) in [6.07, 6.45) is 4.24. The van der Waals surface area contributed by atoms with Crippen molar-refractivity contribution in [2.75, 3.05) is 11.0 Å². The average molecular weight is 303 g/mol. The average Bonchev–Trinajstić information content (AvgIpc) is 2.85. The van der Waals surface area contributed by atoms with E-state index in [1.165, 1.54) is 11.1 Å². The van der Waals surface area contributed by atoms with E-state index < -0.39 is 10.0 Å². The van der Waals surface area contributed by atoms with Crippen LogP contribution in [-0.2, 0) is 22.9 Å². The molecule has 0 aromatic heterocycles. The largest absolute Gasteiger partial charge is 0.455 e. The van der Waals surface area contributed by atoms with Gasteiger partial charge >= 0.3 is 0 Å². The highest BCUT2D eigenvalue weighted by Crippen LogP contribution is 2.36. The first-order valence-electron chi connectivity index (χ1n) is 6.88. The van der Waals surface area contributed by atoms with Crippen LogP contribution in [0.5, 0.6) is 11.5 Å². The third-order valence-corrected chi connectivity index (χ3v) is 4.05. The van der Waals surface area contributed by atoms with Crippen LogP contribution in [0.25, 0.3) is 0 Å². The van der Waals surface area contributed by atoms with Gasteiger partial charge in [-0.15, -0.1) is 0 Å². The lowest BCUT2D eigenvalue weighted by atomic mass is 10.1. The fourth-order valence-electron chi connectivity index (χ4n) is 2.58. The number of fused-ring (bicyclic) bond motifs is 1. The normalized spacial score (nSPS) is 13.8. The van der Waals surface area contributed by atoms with Crippen LogP contribution in [0.2, 0.25) is 0 Å². The van der Waals surface area contributed by atoms with E-state index in [2.05, 4.69) is 4.72 Å². The van der Waals surface area contributed by atoms with Crippen molar-refractivity contribution in [1.29, 1.82) is 0 Å². The van der Waals surface area contributed by atoms with Crippen LogP contribution in [0.15, 0.2) is 42.5 Å². The Bertz CT molecular complexity index is 755. The number of nitrogens with one attached hydrogen (secondary N) is 1. The first kappa shape index (κ1) is 13.9. The predicted octanol–water partition coefficient (Wildman–Crippen LogP) is 3.34. The van der Waals surface area contributed by atoms with Gasteiger partial charge in [0, 0.05) is 0 Å². The highest BCUT2D eigenvalue weighted by Gasteiger charge is 2.17. The SMILES string of the molecule is CS(=O)(=O)Nc1cc2c(cc1Oc1ccccc1)CCC2. The monoisotopic (exact) mass is 303 g/mol. The first-order chi connectivity index (χ1) is 10.0. The Morgan fingerprint density at radius 3 is 2.38 bits per heavy atom. The number of anilines is 1. The van der Waals surface area contributed by atoms with Crippen molar-refractivity contribution < 1.29 is 13.2 Å². The van der Waals surface area contributed by atoms with Crippen molar-refractivity contribution in [1.82, 2.24) is 0 Å². The number of hydrogen-bond acceptors (Lipinski definition) is 3. The summed E-state index contributed by atoms with van der Waals surface area (Å²) in [5, 5.41) is 0. The molecule has 0 saturated carbocycles. The molecule has 5 heteroatoms. The quantitative estimate of drug-likeness (QED) is 0.942. The van der Waals surface area contributed by atoms with E-state index in [4.69, 9.17) is 4.74 Å². The molecule has 1 aliphatic carbocycles. The second-order valence-corrected chi connectivity index (χ2v) is 7.01. The van der Waals surface area contributed by atoms with Gasteiger partial charge in [-0.05, 0) is 54.7 Å². The molecule has 21 heavy (non-hydrogen) atoms. The summed E-state index contributed by atoms with van der Waals surface area (Å²) in [6, 6.07) is 13.2. The van der Waals surface area contributed by atoms with Crippen molar-refractivity contribution in [3.63, 3.8) is 0 Å². The number of hydrogen-bond donors (Lipinski definition) is 1. The lowest BCUT2D eigenvalue weighted by Crippen LogP contribution is -2.11. The van der Waals surface area contributed by atoms with Crippen molar-refractivity contribution in [2.45, 2.75) is 19.3 Å². The van der Waals surface area contributed by atoms with E-state index in [-0.39, 0.29) is 0 Å². The van der Waals surface area contributed by atoms with E-state index in [0.29, 0.717) is 17.2 Å². The second kappa shape index (κ2) is 5.41. The minimum Gasteiger partial charge on any atom is -0.455 e. The molecule has 110 valence electrons. The van der Waals surface area contributed by atoms with Crippen LogP contribution in [0.3, 0.4) is 0 Å². The van der Waals surface area contributed by atoms with Gasteiger partial charge in [-0.2, -0.15) is 0 Å². The van der Waals surface area contributed by atoms with Crippen molar-refractivity contribution in [3.8, 4) is 11.5 Å². The summed E-state index contributed by atoms with van der Waals surface area (Å²) in [6.45, 7) is 0. The molecule has 0 saturated heterocycles. The molecule has 0 amide bonds. The maximum atomic E-state index is 11.5.